The van der Waals surface area contributed by atoms with Crippen LogP contribution in [-0.2, 0) is 19.7 Å². The lowest BCUT2D eigenvalue weighted by Gasteiger charge is -2.32. The van der Waals surface area contributed by atoms with Crippen LogP contribution in [0.15, 0.2) is 83.3 Å². The molecule has 5 rings (SSSR count). The fourth-order valence-electron chi connectivity index (χ4n) is 6.23. The van der Waals surface area contributed by atoms with Crippen LogP contribution >= 0.6 is 15.9 Å². The number of nitrogens with zero attached hydrogens (tertiary/aromatic N) is 1. The molecule has 0 bridgehead atoms. The molecule has 1 heterocycles. The van der Waals surface area contributed by atoms with E-state index in [9.17, 15) is 9.59 Å². The molecule has 1 saturated heterocycles. The van der Waals surface area contributed by atoms with Crippen molar-refractivity contribution in [2.75, 3.05) is 20.2 Å². The number of amides is 1. The summed E-state index contributed by atoms with van der Waals surface area (Å²) in [4.78, 5) is 29.0. The van der Waals surface area contributed by atoms with E-state index in [4.69, 9.17) is 4.74 Å². The molecule has 2 fully saturated rings. The average molecular weight is 547 g/mol. The van der Waals surface area contributed by atoms with E-state index in [0.29, 0.717) is 13.1 Å². The van der Waals surface area contributed by atoms with Crippen molar-refractivity contribution in [2.24, 2.45) is 11.8 Å². The van der Waals surface area contributed by atoms with Gasteiger partial charge in [-0.15, -0.1) is 0 Å². The molecule has 1 aliphatic carbocycles. The number of hydrogen-bond acceptors (Lipinski definition) is 4. The maximum atomic E-state index is 14.2. The second kappa shape index (κ2) is 9.83. The number of halogens is 1. The van der Waals surface area contributed by atoms with Crippen molar-refractivity contribution in [2.45, 2.75) is 31.3 Å². The van der Waals surface area contributed by atoms with E-state index in [2.05, 4.69) is 57.6 Å². The highest BCUT2D eigenvalue weighted by Gasteiger charge is 2.79. The van der Waals surface area contributed by atoms with E-state index >= 15 is 0 Å². The van der Waals surface area contributed by atoms with Gasteiger partial charge < -0.3 is 9.64 Å². The van der Waals surface area contributed by atoms with E-state index in [0.717, 1.165) is 26.7 Å². The highest BCUT2D eigenvalue weighted by Crippen LogP contribution is 2.70. The number of nitrogens with one attached hydrogen (secondary N) is 1. The van der Waals surface area contributed by atoms with Gasteiger partial charge in [0.15, 0.2) is 0 Å². The molecule has 1 aliphatic heterocycles. The second-order valence-electron chi connectivity index (χ2n) is 9.54. The molecule has 0 unspecified atom stereocenters. The molecule has 186 valence electrons. The quantitative estimate of drug-likeness (QED) is 0.405. The summed E-state index contributed by atoms with van der Waals surface area (Å²) in [7, 11) is 1.41. The zero-order valence-corrected chi connectivity index (χ0v) is 22.4. The summed E-state index contributed by atoms with van der Waals surface area (Å²) in [5.74, 6) is -0.470. The van der Waals surface area contributed by atoms with E-state index in [1.54, 1.807) is 0 Å². The van der Waals surface area contributed by atoms with Gasteiger partial charge in [-0.25, -0.2) is 0 Å². The Morgan fingerprint density at radius 2 is 1.50 bits per heavy atom. The van der Waals surface area contributed by atoms with Crippen LogP contribution in [-0.4, -0.2) is 43.0 Å². The Bertz CT molecular complexity index is 1240. The Balaban J connectivity index is 1.59. The maximum absolute atomic E-state index is 14.2. The summed E-state index contributed by atoms with van der Waals surface area (Å²) in [5, 5.41) is 3.53. The van der Waals surface area contributed by atoms with Gasteiger partial charge in [-0.2, -0.15) is 0 Å². The standard InChI is InChI=1S/C30H31BrN2O3/c1-4-33(5-2)29(35)30(22-15-17-23(31)18-16-22)24-25(30)27(28(34)36-3)32-26(24)21-13-11-20(12-14-21)19-9-7-6-8-10-19/h6-18,24-27,32H,4-5H2,1-3H3/t24-,25+,26+,27+,30+/m0/s1. The molecule has 3 aromatic rings. The molecule has 0 radical (unpaired) electrons. The van der Waals surface area contributed by atoms with Crippen molar-refractivity contribution in [3.05, 3.63) is 94.5 Å². The number of carbonyl (C=O) groups is 2. The fraction of sp³-hybridized carbons (Fsp3) is 0.333. The van der Waals surface area contributed by atoms with Crippen LogP contribution in [0.1, 0.15) is 31.0 Å². The summed E-state index contributed by atoms with van der Waals surface area (Å²) >= 11 is 3.53. The SMILES string of the molecule is CCN(CC)C(=O)[C@@]1(c2ccc(Br)cc2)[C@@H]2[C@H]1[C@@H](c1ccc(-c3ccccc3)cc1)N[C@H]2C(=O)OC. The van der Waals surface area contributed by atoms with Crippen molar-refractivity contribution in [1.82, 2.24) is 10.2 Å². The fourth-order valence-corrected chi connectivity index (χ4v) is 6.50. The van der Waals surface area contributed by atoms with Crippen LogP contribution in [0.2, 0.25) is 0 Å². The van der Waals surface area contributed by atoms with Gasteiger partial charge >= 0.3 is 5.97 Å². The molecule has 1 saturated carbocycles. The predicted octanol–water partition coefficient (Wildman–Crippen LogP) is 5.35. The zero-order chi connectivity index (χ0) is 25.4. The number of likely N-dealkylation sites (N-methyl/N-ethyl adjacent to an activating group) is 1. The van der Waals surface area contributed by atoms with Gasteiger partial charge in [0.2, 0.25) is 5.91 Å². The average Bonchev–Trinajstić information content (AvgIpc) is 3.44. The van der Waals surface area contributed by atoms with Crippen molar-refractivity contribution in [1.29, 1.82) is 0 Å². The molecule has 36 heavy (non-hydrogen) atoms. The van der Waals surface area contributed by atoms with Gasteiger partial charge in [0, 0.05) is 35.4 Å². The zero-order valence-electron chi connectivity index (χ0n) is 20.8. The van der Waals surface area contributed by atoms with E-state index in [-0.39, 0.29) is 29.8 Å². The Labute approximate surface area is 221 Å². The molecular formula is C30H31BrN2O3. The summed E-state index contributed by atoms with van der Waals surface area (Å²) in [6, 6.07) is 26.0. The molecular weight excluding hydrogens is 516 g/mol. The van der Waals surface area contributed by atoms with Gasteiger partial charge in [-0.05, 0) is 48.2 Å². The first-order valence-electron chi connectivity index (χ1n) is 12.5. The topological polar surface area (TPSA) is 58.6 Å². The summed E-state index contributed by atoms with van der Waals surface area (Å²) in [6.45, 7) is 5.26. The van der Waals surface area contributed by atoms with Crippen LogP contribution in [0.4, 0.5) is 0 Å². The van der Waals surface area contributed by atoms with Crippen LogP contribution in [0.3, 0.4) is 0 Å². The third-order valence-electron chi connectivity index (χ3n) is 7.97. The minimum atomic E-state index is -0.778. The number of piperidine rings is 1. The lowest BCUT2D eigenvalue weighted by atomic mass is 9.84. The number of benzene rings is 3. The van der Waals surface area contributed by atoms with Crippen LogP contribution in [0.5, 0.6) is 0 Å². The lowest BCUT2D eigenvalue weighted by Crippen LogP contribution is -2.48. The van der Waals surface area contributed by atoms with Gasteiger partial charge in [0.25, 0.3) is 0 Å². The third-order valence-corrected chi connectivity index (χ3v) is 8.49. The minimum Gasteiger partial charge on any atom is -0.468 e. The third kappa shape index (κ3) is 3.87. The second-order valence-corrected chi connectivity index (χ2v) is 10.5. The molecule has 1 N–H and O–H groups in total. The first kappa shape index (κ1) is 24.7. The monoisotopic (exact) mass is 546 g/mol. The first-order chi connectivity index (χ1) is 17.5. The Kier molecular flexibility index (Phi) is 6.75. The van der Waals surface area contributed by atoms with Gasteiger partial charge in [0.05, 0.1) is 12.5 Å². The molecule has 0 aromatic heterocycles. The highest BCUT2D eigenvalue weighted by atomic mass is 79.9. The summed E-state index contributed by atoms with van der Waals surface area (Å²) in [5.41, 5.74) is 3.54. The van der Waals surface area contributed by atoms with E-state index in [1.807, 2.05) is 61.2 Å². The molecule has 5 nitrogen and oxygen atoms in total. The van der Waals surface area contributed by atoms with Gasteiger partial charge in [0.1, 0.15) is 6.04 Å². The van der Waals surface area contributed by atoms with Crippen molar-refractivity contribution in [3.63, 3.8) is 0 Å². The molecule has 6 heteroatoms. The number of rotatable bonds is 7. The predicted molar refractivity (Wildman–Crippen MR) is 144 cm³/mol. The number of carbonyl (C=O) groups excluding carboxylic acids is 2. The Morgan fingerprint density at radius 3 is 2.08 bits per heavy atom. The molecule has 2 aliphatic rings. The summed E-state index contributed by atoms with van der Waals surface area (Å²) < 4.78 is 6.16. The van der Waals surface area contributed by atoms with Crippen LogP contribution in [0.25, 0.3) is 11.1 Å². The molecule has 5 atom stereocenters. The van der Waals surface area contributed by atoms with Gasteiger partial charge in [-0.1, -0.05) is 82.7 Å². The molecule has 3 aromatic carbocycles. The normalized spacial score (nSPS) is 26.2. The van der Waals surface area contributed by atoms with Crippen molar-refractivity contribution in [3.8, 4) is 11.1 Å². The number of esters is 1. The highest BCUT2D eigenvalue weighted by molar-refractivity contribution is 9.10. The van der Waals surface area contributed by atoms with Crippen LogP contribution < -0.4 is 5.32 Å². The van der Waals surface area contributed by atoms with Crippen LogP contribution in [0, 0.1) is 11.8 Å². The Hall–Kier alpha value is -2.96. The van der Waals surface area contributed by atoms with Crippen molar-refractivity contribution < 1.29 is 14.3 Å². The Morgan fingerprint density at radius 1 is 0.889 bits per heavy atom. The number of ether oxygens (including phenoxy) is 1. The smallest absolute Gasteiger partial charge is 0.323 e. The number of methoxy groups -OCH3 is 1. The number of fused-ring (bicyclic) bond motifs is 1. The molecule has 1 amide bonds. The summed E-state index contributed by atoms with van der Waals surface area (Å²) in [6.07, 6.45) is 0. The molecule has 0 spiro atoms. The first-order valence-corrected chi connectivity index (χ1v) is 13.3. The largest absolute Gasteiger partial charge is 0.468 e. The number of hydrogen-bond donors (Lipinski definition) is 1. The minimum absolute atomic E-state index is 0.0570. The van der Waals surface area contributed by atoms with E-state index < -0.39 is 11.5 Å². The van der Waals surface area contributed by atoms with Crippen molar-refractivity contribution >= 4 is 27.8 Å². The van der Waals surface area contributed by atoms with E-state index in [1.165, 1.54) is 7.11 Å². The lowest BCUT2D eigenvalue weighted by molar-refractivity contribution is -0.144. The van der Waals surface area contributed by atoms with Gasteiger partial charge in [-0.3, -0.25) is 14.9 Å². The maximum Gasteiger partial charge on any atom is 0.323 e.